The van der Waals surface area contributed by atoms with E-state index in [2.05, 4.69) is 0 Å². The molecule has 1 aromatic heterocycles. The van der Waals surface area contributed by atoms with Gasteiger partial charge in [-0.2, -0.15) is 0 Å². The van der Waals surface area contributed by atoms with Gasteiger partial charge in [-0.15, -0.1) is 11.3 Å². The van der Waals surface area contributed by atoms with Gasteiger partial charge in [-0.25, -0.2) is 4.79 Å². The Labute approximate surface area is 133 Å². The van der Waals surface area contributed by atoms with E-state index in [0.29, 0.717) is 22.2 Å². The Hall–Kier alpha value is -1.52. The summed E-state index contributed by atoms with van der Waals surface area (Å²) in [6.07, 6.45) is 0. The Morgan fingerprint density at radius 3 is 2.76 bits per heavy atom. The SMILES string of the molecule is Cc1cc(-c2csc(N)c2C(=O)OCC(C)C)ccc1Cl. The van der Waals surface area contributed by atoms with Crippen LogP contribution >= 0.6 is 22.9 Å². The Morgan fingerprint density at radius 2 is 2.14 bits per heavy atom. The van der Waals surface area contributed by atoms with Gasteiger partial charge in [0.1, 0.15) is 10.6 Å². The normalized spacial score (nSPS) is 10.9. The molecule has 2 aromatic rings. The van der Waals surface area contributed by atoms with Crippen molar-refractivity contribution in [2.24, 2.45) is 5.92 Å². The van der Waals surface area contributed by atoms with Crippen LogP contribution in [0, 0.1) is 12.8 Å². The van der Waals surface area contributed by atoms with Crippen LogP contribution in [0.1, 0.15) is 29.8 Å². The molecule has 0 atom stereocenters. The molecule has 0 saturated heterocycles. The van der Waals surface area contributed by atoms with E-state index in [0.717, 1.165) is 16.7 Å². The van der Waals surface area contributed by atoms with E-state index in [1.807, 2.05) is 44.4 Å². The quantitative estimate of drug-likeness (QED) is 0.824. The lowest BCUT2D eigenvalue weighted by Gasteiger charge is -2.09. The van der Waals surface area contributed by atoms with Crippen molar-refractivity contribution >= 4 is 33.9 Å². The summed E-state index contributed by atoms with van der Waals surface area (Å²) in [7, 11) is 0. The van der Waals surface area contributed by atoms with Crippen molar-refractivity contribution in [2.45, 2.75) is 20.8 Å². The fraction of sp³-hybridized carbons (Fsp3) is 0.312. The molecule has 0 aliphatic carbocycles. The van der Waals surface area contributed by atoms with Gasteiger partial charge in [0.25, 0.3) is 0 Å². The number of nitrogen functional groups attached to an aromatic ring is 1. The van der Waals surface area contributed by atoms with E-state index in [1.54, 1.807) is 0 Å². The number of ether oxygens (including phenoxy) is 1. The number of carbonyl (C=O) groups excluding carboxylic acids is 1. The molecule has 21 heavy (non-hydrogen) atoms. The number of hydrogen-bond acceptors (Lipinski definition) is 4. The summed E-state index contributed by atoms with van der Waals surface area (Å²) < 4.78 is 5.31. The van der Waals surface area contributed by atoms with E-state index in [1.165, 1.54) is 11.3 Å². The number of rotatable bonds is 4. The minimum Gasteiger partial charge on any atom is -0.462 e. The Balaban J connectivity index is 2.37. The van der Waals surface area contributed by atoms with Crippen molar-refractivity contribution in [3.63, 3.8) is 0 Å². The van der Waals surface area contributed by atoms with Gasteiger partial charge < -0.3 is 10.5 Å². The maximum atomic E-state index is 12.3. The molecule has 1 heterocycles. The van der Waals surface area contributed by atoms with Gasteiger partial charge in [0.15, 0.2) is 0 Å². The topological polar surface area (TPSA) is 52.3 Å². The zero-order valence-electron chi connectivity index (χ0n) is 12.3. The predicted molar refractivity (Wildman–Crippen MR) is 89.0 cm³/mol. The molecule has 3 nitrogen and oxygen atoms in total. The number of carbonyl (C=O) groups is 1. The maximum Gasteiger partial charge on any atom is 0.341 e. The van der Waals surface area contributed by atoms with Crippen LogP contribution in [0.5, 0.6) is 0 Å². The molecule has 2 N–H and O–H groups in total. The lowest BCUT2D eigenvalue weighted by Crippen LogP contribution is -2.11. The van der Waals surface area contributed by atoms with Crippen molar-refractivity contribution in [1.82, 2.24) is 0 Å². The number of esters is 1. The van der Waals surface area contributed by atoms with Crippen LogP contribution < -0.4 is 5.73 Å². The predicted octanol–water partition coefficient (Wildman–Crippen LogP) is 4.77. The van der Waals surface area contributed by atoms with Gasteiger partial charge >= 0.3 is 5.97 Å². The van der Waals surface area contributed by atoms with Crippen molar-refractivity contribution in [1.29, 1.82) is 0 Å². The summed E-state index contributed by atoms with van der Waals surface area (Å²) in [6, 6.07) is 5.66. The summed E-state index contributed by atoms with van der Waals surface area (Å²) in [5.74, 6) is -0.0833. The summed E-state index contributed by atoms with van der Waals surface area (Å²) >= 11 is 7.39. The zero-order valence-corrected chi connectivity index (χ0v) is 13.8. The zero-order chi connectivity index (χ0) is 15.6. The Kier molecular flexibility index (Phi) is 4.91. The first-order valence-electron chi connectivity index (χ1n) is 6.70. The third kappa shape index (κ3) is 3.57. The van der Waals surface area contributed by atoms with Gasteiger partial charge in [-0.3, -0.25) is 0 Å². The molecule has 0 aliphatic rings. The van der Waals surface area contributed by atoms with Crippen LogP contribution in [-0.4, -0.2) is 12.6 Å². The van der Waals surface area contributed by atoms with Crippen LogP contribution in [0.15, 0.2) is 23.6 Å². The van der Waals surface area contributed by atoms with E-state index in [4.69, 9.17) is 22.1 Å². The first-order valence-corrected chi connectivity index (χ1v) is 7.96. The fourth-order valence-corrected chi connectivity index (χ4v) is 2.85. The molecule has 2 rings (SSSR count). The summed E-state index contributed by atoms with van der Waals surface area (Å²) in [5.41, 5.74) is 9.07. The Morgan fingerprint density at radius 1 is 1.43 bits per heavy atom. The molecule has 5 heteroatoms. The minimum atomic E-state index is -0.370. The van der Waals surface area contributed by atoms with Crippen LogP contribution in [0.2, 0.25) is 5.02 Å². The first kappa shape index (κ1) is 15.9. The third-order valence-corrected chi connectivity index (χ3v) is 4.28. The smallest absolute Gasteiger partial charge is 0.341 e. The van der Waals surface area contributed by atoms with Crippen LogP contribution in [0.3, 0.4) is 0 Å². The highest BCUT2D eigenvalue weighted by Gasteiger charge is 2.20. The summed E-state index contributed by atoms with van der Waals surface area (Å²) in [4.78, 5) is 12.3. The minimum absolute atomic E-state index is 0.287. The standard InChI is InChI=1S/C16H18ClNO2S/c1-9(2)7-20-16(19)14-12(8-21-15(14)18)11-4-5-13(17)10(3)6-11/h4-6,8-9H,7,18H2,1-3H3. The lowest BCUT2D eigenvalue weighted by atomic mass is 10.0. The van der Waals surface area contributed by atoms with Gasteiger partial charge in [0.2, 0.25) is 0 Å². The number of anilines is 1. The van der Waals surface area contributed by atoms with E-state index in [9.17, 15) is 4.79 Å². The molecule has 0 aliphatic heterocycles. The Bertz CT molecular complexity index is 664. The van der Waals surface area contributed by atoms with Gasteiger partial charge in [-0.05, 0) is 36.1 Å². The monoisotopic (exact) mass is 323 g/mol. The van der Waals surface area contributed by atoms with Crippen LogP contribution in [0.4, 0.5) is 5.00 Å². The van der Waals surface area contributed by atoms with Gasteiger partial charge in [0.05, 0.1) is 6.61 Å². The van der Waals surface area contributed by atoms with Crippen molar-refractivity contribution < 1.29 is 9.53 Å². The average molecular weight is 324 g/mol. The van der Waals surface area contributed by atoms with Gasteiger partial charge in [-0.1, -0.05) is 31.5 Å². The number of hydrogen-bond donors (Lipinski definition) is 1. The van der Waals surface area contributed by atoms with Crippen molar-refractivity contribution in [3.05, 3.63) is 39.7 Å². The van der Waals surface area contributed by atoms with Crippen LogP contribution in [0.25, 0.3) is 11.1 Å². The van der Waals surface area contributed by atoms with Gasteiger partial charge in [0, 0.05) is 16.0 Å². The average Bonchev–Trinajstić information content (AvgIpc) is 2.81. The largest absolute Gasteiger partial charge is 0.462 e. The third-order valence-electron chi connectivity index (χ3n) is 3.04. The number of halogens is 1. The summed E-state index contributed by atoms with van der Waals surface area (Å²) in [5, 5.41) is 3.06. The second-order valence-electron chi connectivity index (χ2n) is 5.34. The highest BCUT2D eigenvalue weighted by atomic mass is 35.5. The highest BCUT2D eigenvalue weighted by Crippen LogP contribution is 2.35. The lowest BCUT2D eigenvalue weighted by molar-refractivity contribution is 0.0461. The first-order chi connectivity index (χ1) is 9.90. The molecule has 1 aromatic carbocycles. The van der Waals surface area contributed by atoms with E-state index in [-0.39, 0.29) is 11.9 Å². The molecular formula is C16H18ClNO2S. The molecule has 112 valence electrons. The van der Waals surface area contributed by atoms with Crippen molar-refractivity contribution in [2.75, 3.05) is 12.3 Å². The molecule has 0 unspecified atom stereocenters. The van der Waals surface area contributed by atoms with Crippen molar-refractivity contribution in [3.8, 4) is 11.1 Å². The molecule has 0 bridgehead atoms. The maximum absolute atomic E-state index is 12.3. The van der Waals surface area contributed by atoms with Crippen LogP contribution in [-0.2, 0) is 4.74 Å². The number of benzene rings is 1. The fourth-order valence-electron chi connectivity index (χ4n) is 1.92. The second-order valence-corrected chi connectivity index (χ2v) is 6.66. The number of nitrogens with two attached hydrogens (primary N) is 1. The molecule has 0 spiro atoms. The second kappa shape index (κ2) is 6.50. The molecule has 0 fully saturated rings. The van der Waals surface area contributed by atoms with E-state index >= 15 is 0 Å². The molecule has 0 saturated carbocycles. The molecular weight excluding hydrogens is 306 g/mol. The summed E-state index contributed by atoms with van der Waals surface area (Å²) in [6.45, 7) is 6.30. The molecule has 0 radical (unpaired) electrons. The highest BCUT2D eigenvalue weighted by molar-refractivity contribution is 7.14. The number of thiophene rings is 1. The number of aryl methyl sites for hydroxylation is 1. The molecule has 0 amide bonds. The van der Waals surface area contributed by atoms with E-state index < -0.39 is 0 Å².